The van der Waals surface area contributed by atoms with Crippen molar-refractivity contribution >= 4 is 26.8 Å². The van der Waals surface area contributed by atoms with Crippen LogP contribution in [0.15, 0.2) is 24.3 Å². The molecule has 1 aliphatic heterocycles. The lowest BCUT2D eigenvalue weighted by Crippen LogP contribution is -2.37. The summed E-state index contributed by atoms with van der Waals surface area (Å²) < 4.78 is 14.3. The van der Waals surface area contributed by atoms with Gasteiger partial charge in [0.05, 0.1) is 24.1 Å². The number of aromatic nitrogens is 3. The van der Waals surface area contributed by atoms with Crippen LogP contribution >= 0.6 is 11.3 Å². The van der Waals surface area contributed by atoms with Crippen molar-refractivity contribution in [2.24, 2.45) is 13.0 Å². The zero-order valence-electron chi connectivity index (χ0n) is 15.4. The first-order valence-electron chi connectivity index (χ1n) is 8.96. The molecule has 3 heterocycles. The molecule has 0 amide bonds. The highest BCUT2D eigenvalue weighted by molar-refractivity contribution is 7.22. The average Bonchev–Trinajstić information content (AvgIpc) is 3.22. The van der Waals surface area contributed by atoms with Gasteiger partial charge in [-0.1, -0.05) is 17.4 Å². The predicted molar refractivity (Wildman–Crippen MR) is 105 cm³/mol. The zero-order valence-corrected chi connectivity index (χ0v) is 16.3. The van der Waals surface area contributed by atoms with Gasteiger partial charge < -0.3 is 14.4 Å². The van der Waals surface area contributed by atoms with Crippen molar-refractivity contribution in [3.05, 3.63) is 30.0 Å². The van der Waals surface area contributed by atoms with Crippen LogP contribution in [0.1, 0.15) is 18.5 Å². The van der Waals surface area contributed by atoms with Crippen LogP contribution in [-0.4, -0.2) is 41.6 Å². The number of piperidine rings is 1. The molecule has 138 valence electrons. The first kappa shape index (κ1) is 17.1. The van der Waals surface area contributed by atoms with E-state index >= 15 is 0 Å². The summed E-state index contributed by atoms with van der Waals surface area (Å²) in [5.41, 5.74) is 2.04. The number of aryl methyl sites for hydroxylation is 2. The number of thiazole rings is 1. The van der Waals surface area contributed by atoms with Crippen molar-refractivity contribution in [1.29, 1.82) is 0 Å². The standard InChI is InChI=1S/C19H24N4O2S/c1-13-17-18(22(2)21-13)20-19(26-17)23-9-5-6-14(11-23)12-25-16-8-4-7-15(10-16)24-3/h4,7-8,10,14H,5-6,9,11-12H2,1-3H3/t14-/m0/s1. The molecule has 6 nitrogen and oxygen atoms in total. The lowest BCUT2D eigenvalue weighted by Gasteiger charge is -2.32. The first-order chi connectivity index (χ1) is 12.6. The molecule has 1 aliphatic rings. The molecule has 0 aliphatic carbocycles. The Morgan fingerprint density at radius 3 is 2.96 bits per heavy atom. The quantitative estimate of drug-likeness (QED) is 0.684. The number of fused-ring (bicyclic) bond motifs is 1. The predicted octanol–water partition coefficient (Wildman–Crippen LogP) is 3.64. The summed E-state index contributed by atoms with van der Waals surface area (Å²) >= 11 is 1.75. The van der Waals surface area contributed by atoms with Crippen LogP contribution in [0.2, 0.25) is 0 Å². The Hall–Kier alpha value is -2.28. The summed E-state index contributed by atoms with van der Waals surface area (Å²) in [6.45, 7) is 4.80. The molecule has 0 N–H and O–H groups in total. The minimum Gasteiger partial charge on any atom is -0.497 e. The van der Waals surface area contributed by atoms with E-state index < -0.39 is 0 Å². The molecule has 3 aromatic rings. The van der Waals surface area contributed by atoms with E-state index in [0.717, 1.165) is 47.7 Å². The van der Waals surface area contributed by atoms with Crippen molar-refractivity contribution < 1.29 is 9.47 Å². The van der Waals surface area contributed by atoms with Gasteiger partial charge in [-0.05, 0) is 31.9 Å². The van der Waals surface area contributed by atoms with Gasteiger partial charge in [0.15, 0.2) is 10.8 Å². The molecular weight excluding hydrogens is 348 g/mol. The maximum atomic E-state index is 6.02. The van der Waals surface area contributed by atoms with Crippen molar-refractivity contribution in [3.63, 3.8) is 0 Å². The van der Waals surface area contributed by atoms with Crippen LogP contribution in [0.5, 0.6) is 11.5 Å². The summed E-state index contributed by atoms with van der Waals surface area (Å²) in [4.78, 5) is 7.22. The molecule has 26 heavy (non-hydrogen) atoms. The molecule has 1 fully saturated rings. The highest BCUT2D eigenvalue weighted by Gasteiger charge is 2.24. The van der Waals surface area contributed by atoms with E-state index in [1.807, 2.05) is 42.9 Å². The molecule has 1 atom stereocenters. The monoisotopic (exact) mass is 372 g/mol. The number of methoxy groups -OCH3 is 1. The van der Waals surface area contributed by atoms with Crippen molar-refractivity contribution in [1.82, 2.24) is 14.8 Å². The van der Waals surface area contributed by atoms with Gasteiger partial charge in [-0.2, -0.15) is 5.10 Å². The van der Waals surface area contributed by atoms with Gasteiger partial charge >= 0.3 is 0 Å². The highest BCUT2D eigenvalue weighted by atomic mass is 32.1. The van der Waals surface area contributed by atoms with Crippen molar-refractivity contribution in [2.45, 2.75) is 19.8 Å². The van der Waals surface area contributed by atoms with Crippen LogP contribution in [0.25, 0.3) is 10.3 Å². The molecule has 0 radical (unpaired) electrons. The third-order valence-corrected chi connectivity index (χ3v) is 6.06. The van der Waals surface area contributed by atoms with E-state index in [-0.39, 0.29) is 0 Å². The van der Waals surface area contributed by atoms with E-state index in [1.165, 1.54) is 17.5 Å². The van der Waals surface area contributed by atoms with Gasteiger partial charge in [0, 0.05) is 32.1 Å². The SMILES string of the molecule is COc1cccc(OC[C@H]2CCCN(c3nc4c(s3)c(C)nn4C)C2)c1. The van der Waals surface area contributed by atoms with E-state index in [4.69, 9.17) is 14.5 Å². The minimum atomic E-state index is 0.501. The van der Waals surface area contributed by atoms with Gasteiger partial charge in [-0.15, -0.1) is 0 Å². The van der Waals surface area contributed by atoms with Gasteiger partial charge in [0.1, 0.15) is 11.5 Å². The third kappa shape index (κ3) is 3.35. The van der Waals surface area contributed by atoms with E-state index in [0.29, 0.717) is 5.92 Å². The van der Waals surface area contributed by atoms with E-state index in [1.54, 1.807) is 18.4 Å². The normalized spacial score (nSPS) is 17.7. The molecule has 0 unspecified atom stereocenters. The number of hydrogen-bond acceptors (Lipinski definition) is 6. The number of rotatable bonds is 5. The minimum absolute atomic E-state index is 0.501. The Labute approximate surface area is 157 Å². The topological polar surface area (TPSA) is 52.4 Å². The number of ether oxygens (including phenoxy) is 2. The molecule has 0 spiro atoms. The summed E-state index contributed by atoms with van der Waals surface area (Å²) in [5.74, 6) is 2.19. The maximum absolute atomic E-state index is 6.02. The Balaban J connectivity index is 1.42. The summed E-state index contributed by atoms with van der Waals surface area (Å²) in [6.07, 6.45) is 2.35. The summed E-state index contributed by atoms with van der Waals surface area (Å²) in [5, 5.41) is 5.54. The Bertz CT molecular complexity index is 870. The lowest BCUT2D eigenvalue weighted by molar-refractivity contribution is 0.228. The molecule has 0 saturated carbocycles. The molecule has 4 rings (SSSR count). The fourth-order valence-corrected chi connectivity index (χ4v) is 4.56. The lowest BCUT2D eigenvalue weighted by atomic mass is 9.99. The third-order valence-electron chi connectivity index (χ3n) is 4.85. The van der Waals surface area contributed by atoms with E-state index in [9.17, 15) is 0 Å². The van der Waals surface area contributed by atoms with Crippen molar-refractivity contribution in [2.75, 3.05) is 31.7 Å². The highest BCUT2D eigenvalue weighted by Crippen LogP contribution is 2.33. The number of anilines is 1. The largest absolute Gasteiger partial charge is 0.497 e. The van der Waals surface area contributed by atoms with Crippen LogP contribution < -0.4 is 14.4 Å². The van der Waals surface area contributed by atoms with Crippen LogP contribution in [0, 0.1) is 12.8 Å². The fourth-order valence-electron chi connectivity index (χ4n) is 3.49. The fraction of sp³-hybridized carbons (Fsp3) is 0.474. The molecule has 1 aromatic carbocycles. The smallest absolute Gasteiger partial charge is 0.188 e. The summed E-state index contributed by atoms with van der Waals surface area (Å²) in [7, 11) is 3.63. The zero-order chi connectivity index (χ0) is 18.1. The maximum Gasteiger partial charge on any atom is 0.188 e. The Kier molecular flexibility index (Phi) is 4.72. The number of hydrogen-bond donors (Lipinski definition) is 0. The number of benzene rings is 1. The van der Waals surface area contributed by atoms with Gasteiger partial charge in [-0.25, -0.2) is 9.67 Å². The van der Waals surface area contributed by atoms with Gasteiger partial charge in [0.25, 0.3) is 0 Å². The Morgan fingerprint density at radius 1 is 1.31 bits per heavy atom. The second-order valence-electron chi connectivity index (χ2n) is 6.80. The first-order valence-corrected chi connectivity index (χ1v) is 9.77. The molecular formula is C19H24N4O2S. The van der Waals surface area contributed by atoms with Crippen LogP contribution in [0.3, 0.4) is 0 Å². The summed E-state index contributed by atoms with van der Waals surface area (Å²) in [6, 6.07) is 7.80. The number of nitrogens with zero attached hydrogens (tertiary/aromatic N) is 4. The van der Waals surface area contributed by atoms with Crippen LogP contribution in [-0.2, 0) is 7.05 Å². The second kappa shape index (κ2) is 7.15. The van der Waals surface area contributed by atoms with E-state index in [2.05, 4.69) is 10.00 Å². The Morgan fingerprint density at radius 2 is 2.15 bits per heavy atom. The van der Waals surface area contributed by atoms with Crippen LogP contribution in [0.4, 0.5) is 5.13 Å². The second-order valence-corrected chi connectivity index (χ2v) is 7.78. The van der Waals surface area contributed by atoms with Crippen molar-refractivity contribution in [3.8, 4) is 11.5 Å². The molecule has 0 bridgehead atoms. The van der Waals surface area contributed by atoms with Gasteiger partial charge in [-0.3, -0.25) is 0 Å². The molecule has 2 aromatic heterocycles. The molecule has 7 heteroatoms. The van der Waals surface area contributed by atoms with Gasteiger partial charge in [0.2, 0.25) is 0 Å². The average molecular weight is 372 g/mol. The molecule has 1 saturated heterocycles.